The van der Waals surface area contributed by atoms with Crippen LogP contribution in [0.25, 0.3) is 5.69 Å². The molecule has 2 heterocycles. The highest BCUT2D eigenvalue weighted by Gasteiger charge is 2.21. The first kappa shape index (κ1) is 23.6. The number of hydrogen-bond donors (Lipinski definition) is 1. The Balaban J connectivity index is 1.48. The molecule has 174 valence electrons. The lowest BCUT2D eigenvalue weighted by molar-refractivity contribution is 0.0785. The Morgan fingerprint density at radius 2 is 1.85 bits per heavy atom. The molecule has 0 bridgehead atoms. The first-order valence-electron chi connectivity index (χ1n) is 10.4. The molecule has 4 aromatic rings. The molecule has 34 heavy (non-hydrogen) atoms. The molecule has 0 fully saturated rings. The number of nitrogens with zero attached hydrogens (tertiary/aromatic N) is 4. The van der Waals surface area contributed by atoms with E-state index >= 15 is 0 Å². The van der Waals surface area contributed by atoms with Crippen molar-refractivity contribution in [3.8, 4) is 5.69 Å². The predicted octanol–water partition coefficient (Wildman–Crippen LogP) is 3.67. The second-order valence-corrected chi connectivity index (χ2v) is 9.76. The van der Waals surface area contributed by atoms with Gasteiger partial charge in [0, 0.05) is 49.9 Å². The summed E-state index contributed by atoms with van der Waals surface area (Å²) in [4.78, 5) is 18.3. The van der Waals surface area contributed by atoms with Gasteiger partial charge in [0.15, 0.2) is 0 Å². The van der Waals surface area contributed by atoms with Gasteiger partial charge in [-0.1, -0.05) is 35.9 Å². The molecule has 10 heteroatoms. The maximum absolute atomic E-state index is 13.0. The molecule has 0 unspecified atom stereocenters. The van der Waals surface area contributed by atoms with Crippen molar-refractivity contribution < 1.29 is 13.2 Å². The van der Waals surface area contributed by atoms with Crippen molar-refractivity contribution in [3.63, 3.8) is 0 Å². The van der Waals surface area contributed by atoms with E-state index in [2.05, 4.69) is 14.8 Å². The maximum Gasteiger partial charge on any atom is 0.253 e. The summed E-state index contributed by atoms with van der Waals surface area (Å²) >= 11 is 6.17. The van der Waals surface area contributed by atoms with E-state index in [4.69, 9.17) is 11.6 Å². The number of benzene rings is 2. The quantitative estimate of drug-likeness (QED) is 0.402. The Morgan fingerprint density at radius 3 is 2.59 bits per heavy atom. The summed E-state index contributed by atoms with van der Waals surface area (Å²) in [5.74, 6) is -0.340. The van der Waals surface area contributed by atoms with Gasteiger partial charge in [0.05, 0.1) is 16.9 Å². The van der Waals surface area contributed by atoms with Gasteiger partial charge in [-0.2, -0.15) is 5.10 Å². The summed E-state index contributed by atoms with van der Waals surface area (Å²) in [7, 11) is -2.31. The molecule has 0 saturated carbocycles. The van der Waals surface area contributed by atoms with Crippen molar-refractivity contribution in [1.82, 2.24) is 24.4 Å². The van der Waals surface area contributed by atoms with Crippen molar-refractivity contribution in [3.05, 3.63) is 107 Å². The molecule has 4 rings (SSSR count). The van der Waals surface area contributed by atoms with E-state index in [0.29, 0.717) is 12.1 Å². The Kier molecular flexibility index (Phi) is 7.06. The third kappa shape index (κ3) is 5.51. The molecule has 8 nitrogen and oxygen atoms in total. The summed E-state index contributed by atoms with van der Waals surface area (Å²) in [5.41, 5.74) is 2.66. The van der Waals surface area contributed by atoms with Gasteiger partial charge in [-0.25, -0.2) is 17.8 Å². The van der Waals surface area contributed by atoms with Gasteiger partial charge in [0.2, 0.25) is 10.0 Å². The molecule has 0 aliphatic heterocycles. The van der Waals surface area contributed by atoms with Crippen LogP contribution in [0.15, 0.2) is 90.3 Å². The Bertz CT molecular complexity index is 1390. The second-order valence-electron chi connectivity index (χ2n) is 7.62. The van der Waals surface area contributed by atoms with Crippen LogP contribution in [0, 0.1) is 0 Å². The number of amides is 1. The second kappa shape index (κ2) is 10.2. The number of para-hydroxylation sites is 1. The van der Waals surface area contributed by atoms with Crippen molar-refractivity contribution in [2.75, 3.05) is 7.05 Å². The molecule has 0 spiro atoms. The minimum atomic E-state index is -3.95. The first-order valence-corrected chi connectivity index (χ1v) is 12.2. The van der Waals surface area contributed by atoms with E-state index in [0.717, 1.165) is 11.3 Å². The van der Waals surface area contributed by atoms with E-state index < -0.39 is 10.0 Å². The van der Waals surface area contributed by atoms with Crippen LogP contribution in [0.5, 0.6) is 0 Å². The molecule has 2 aromatic carbocycles. The van der Waals surface area contributed by atoms with Crippen molar-refractivity contribution >= 4 is 27.5 Å². The predicted molar refractivity (Wildman–Crippen MR) is 129 cm³/mol. The zero-order chi connectivity index (χ0) is 24.1. The number of aromatic nitrogens is 3. The standard InChI is InChI=1S/C24H22ClN5O3S/c1-29(16-19-14-27-30(17-19)21-7-3-2-4-8-21)24(31)20-9-10-22(25)23(12-20)34(32,33)28-15-18-6-5-11-26-13-18/h2-14,17,28H,15-16H2,1H3. The zero-order valence-electron chi connectivity index (χ0n) is 18.3. The Labute approximate surface area is 202 Å². The number of pyridine rings is 1. The topological polar surface area (TPSA) is 97.2 Å². The highest BCUT2D eigenvalue weighted by atomic mass is 35.5. The van der Waals surface area contributed by atoms with Gasteiger partial charge in [-0.3, -0.25) is 9.78 Å². The number of nitrogens with one attached hydrogen (secondary N) is 1. The molecule has 2 aromatic heterocycles. The lowest BCUT2D eigenvalue weighted by Gasteiger charge is -2.17. The van der Waals surface area contributed by atoms with Crippen molar-refractivity contribution in [1.29, 1.82) is 0 Å². The van der Waals surface area contributed by atoms with Gasteiger partial charge in [0.1, 0.15) is 4.90 Å². The van der Waals surface area contributed by atoms with Crippen LogP contribution >= 0.6 is 11.6 Å². The lowest BCUT2D eigenvalue weighted by Crippen LogP contribution is -2.27. The van der Waals surface area contributed by atoms with E-state index in [9.17, 15) is 13.2 Å². The van der Waals surface area contributed by atoms with Gasteiger partial charge >= 0.3 is 0 Å². The van der Waals surface area contributed by atoms with Crippen LogP contribution in [0.4, 0.5) is 0 Å². The highest BCUT2D eigenvalue weighted by Crippen LogP contribution is 2.24. The van der Waals surface area contributed by atoms with Crippen molar-refractivity contribution in [2.24, 2.45) is 0 Å². The fourth-order valence-corrected chi connectivity index (χ4v) is 4.87. The third-order valence-electron chi connectivity index (χ3n) is 5.08. The van der Waals surface area contributed by atoms with Crippen LogP contribution in [0.3, 0.4) is 0 Å². The van der Waals surface area contributed by atoms with Crippen LogP contribution in [-0.4, -0.2) is 41.0 Å². The largest absolute Gasteiger partial charge is 0.337 e. The fourth-order valence-electron chi connectivity index (χ4n) is 3.33. The molecule has 0 atom stereocenters. The molecule has 0 saturated heterocycles. The third-order valence-corrected chi connectivity index (χ3v) is 6.96. The number of carbonyl (C=O) groups is 1. The van der Waals surface area contributed by atoms with Crippen LogP contribution in [0.1, 0.15) is 21.5 Å². The summed E-state index contributed by atoms with van der Waals surface area (Å²) in [5, 5.41) is 4.37. The normalized spacial score (nSPS) is 11.4. The Hall–Kier alpha value is -3.53. The average Bonchev–Trinajstić information content (AvgIpc) is 3.32. The van der Waals surface area contributed by atoms with Gasteiger partial charge in [0.25, 0.3) is 5.91 Å². The number of hydrogen-bond acceptors (Lipinski definition) is 5. The number of sulfonamides is 1. The molecule has 0 aliphatic carbocycles. The monoisotopic (exact) mass is 495 g/mol. The Morgan fingerprint density at radius 1 is 1.06 bits per heavy atom. The van der Waals surface area contributed by atoms with E-state index in [-0.39, 0.29) is 27.9 Å². The molecular formula is C24H22ClN5O3S. The summed E-state index contributed by atoms with van der Waals surface area (Å²) in [6.07, 6.45) is 6.71. The van der Waals surface area contributed by atoms with Gasteiger partial charge < -0.3 is 4.90 Å². The summed E-state index contributed by atoms with van der Waals surface area (Å²) < 4.78 is 29.9. The zero-order valence-corrected chi connectivity index (χ0v) is 19.9. The van der Waals surface area contributed by atoms with Crippen LogP contribution in [0.2, 0.25) is 5.02 Å². The molecule has 1 N–H and O–H groups in total. The number of carbonyl (C=O) groups excluding carboxylic acids is 1. The SMILES string of the molecule is CN(Cc1cnn(-c2ccccc2)c1)C(=O)c1ccc(Cl)c(S(=O)(=O)NCc2cccnc2)c1. The van der Waals surface area contributed by atoms with E-state index in [1.54, 1.807) is 42.5 Å². The molecule has 0 radical (unpaired) electrons. The maximum atomic E-state index is 13.0. The number of rotatable bonds is 8. The van der Waals surface area contributed by atoms with Gasteiger partial charge in [-0.05, 0) is 42.0 Å². The minimum absolute atomic E-state index is 0.0297. The average molecular weight is 496 g/mol. The van der Waals surface area contributed by atoms with Crippen LogP contribution in [-0.2, 0) is 23.1 Å². The lowest BCUT2D eigenvalue weighted by atomic mass is 10.2. The number of halogens is 1. The highest BCUT2D eigenvalue weighted by molar-refractivity contribution is 7.89. The summed E-state index contributed by atoms with van der Waals surface area (Å²) in [6, 6.07) is 17.3. The van der Waals surface area contributed by atoms with E-state index in [1.807, 2.05) is 36.5 Å². The van der Waals surface area contributed by atoms with E-state index in [1.165, 1.54) is 23.1 Å². The molecule has 0 aliphatic rings. The fraction of sp³-hybridized carbons (Fsp3) is 0.125. The molecular weight excluding hydrogens is 474 g/mol. The minimum Gasteiger partial charge on any atom is -0.337 e. The van der Waals surface area contributed by atoms with Crippen molar-refractivity contribution in [2.45, 2.75) is 18.0 Å². The molecule has 1 amide bonds. The first-order chi connectivity index (χ1) is 16.3. The summed E-state index contributed by atoms with van der Waals surface area (Å²) in [6.45, 7) is 0.353. The van der Waals surface area contributed by atoms with Gasteiger partial charge in [-0.15, -0.1) is 0 Å². The van der Waals surface area contributed by atoms with Crippen LogP contribution < -0.4 is 4.72 Å². The smallest absolute Gasteiger partial charge is 0.253 e.